The van der Waals surface area contributed by atoms with E-state index < -0.39 is 5.97 Å². The SMILES string of the molecule is O=C(O)c1cc(N(Cc2ccccc2)Cc2ccccc2)ns1. The Morgan fingerprint density at radius 2 is 1.48 bits per heavy atom. The molecule has 0 spiro atoms. The molecular weight excluding hydrogens is 308 g/mol. The lowest BCUT2D eigenvalue weighted by Crippen LogP contribution is -2.22. The van der Waals surface area contributed by atoms with E-state index in [9.17, 15) is 4.79 Å². The fraction of sp³-hybridized carbons (Fsp3) is 0.111. The third-order valence-corrected chi connectivity index (χ3v) is 4.23. The van der Waals surface area contributed by atoms with Crippen molar-refractivity contribution in [2.75, 3.05) is 4.90 Å². The minimum Gasteiger partial charge on any atom is -0.477 e. The molecule has 1 N–H and O–H groups in total. The lowest BCUT2D eigenvalue weighted by atomic mass is 10.1. The summed E-state index contributed by atoms with van der Waals surface area (Å²) in [6, 6.07) is 21.8. The second-order valence-electron chi connectivity index (χ2n) is 5.18. The number of hydrogen-bond acceptors (Lipinski definition) is 4. The van der Waals surface area contributed by atoms with Crippen molar-refractivity contribution in [1.82, 2.24) is 4.37 Å². The van der Waals surface area contributed by atoms with Gasteiger partial charge in [0.1, 0.15) is 10.7 Å². The van der Waals surface area contributed by atoms with Crippen LogP contribution in [0.25, 0.3) is 0 Å². The van der Waals surface area contributed by atoms with Gasteiger partial charge in [0.05, 0.1) is 0 Å². The molecule has 0 unspecified atom stereocenters. The van der Waals surface area contributed by atoms with Gasteiger partial charge in [0.2, 0.25) is 0 Å². The highest BCUT2D eigenvalue weighted by Gasteiger charge is 2.15. The number of nitrogens with zero attached hydrogens (tertiary/aromatic N) is 2. The van der Waals surface area contributed by atoms with Gasteiger partial charge in [-0.15, -0.1) is 0 Å². The predicted octanol–water partition coefficient (Wildman–Crippen LogP) is 4.05. The zero-order valence-corrected chi connectivity index (χ0v) is 13.2. The second kappa shape index (κ2) is 7.07. The van der Waals surface area contributed by atoms with Crippen LogP contribution in [-0.4, -0.2) is 15.4 Å². The van der Waals surface area contributed by atoms with Gasteiger partial charge in [-0.2, -0.15) is 4.37 Å². The van der Waals surface area contributed by atoms with Crippen molar-refractivity contribution in [3.63, 3.8) is 0 Å². The van der Waals surface area contributed by atoms with Gasteiger partial charge in [0.15, 0.2) is 0 Å². The van der Waals surface area contributed by atoms with Gasteiger partial charge < -0.3 is 10.0 Å². The minimum absolute atomic E-state index is 0.256. The molecule has 1 aromatic heterocycles. The molecule has 23 heavy (non-hydrogen) atoms. The first-order chi connectivity index (χ1) is 11.2. The predicted molar refractivity (Wildman–Crippen MR) is 91.8 cm³/mol. The average Bonchev–Trinajstić information content (AvgIpc) is 3.06. The summed E-state index contributed by atoms with van der Waals surface area (Å²) in [6.45, 7) is 1.36. The van der Waals surface area contributed by atoms with Crippen LogP contribution >= 0.6 is 11.5 Å². The van der Waals surface area contributed by atoms with Crippen LogP contribution in [0, 0.1) is 0 Å². The van der Waals surface area contributed by atoms with Crippen LogP contribution in [0.1, 0.15) is 20.8 Å². The summed E-state index contributed by atoms with van der Waals surface area (Å²) in [6.07, 6.45) is 0. The Balaban J connectivity index is 1.87. The van der Waals surface area contributed by atoms with E-state index in [1.54, 1.807) is 6.07 Å². The summed E-state index contributed by atoms with van der Waals surface area (Å²) in [5.74, 6) is -0.242. The molecule has 0 bridgehead atoms. The van der Waals surface area contributed by atoms with E-state index in [1.165, 1.54) is 0 Å². The fourth-order valence-electron chi connectivity index (χ4n) is 2.34. The van der Waals surface area contributed by atoms with Crippen LogP contribution in [0.15, 0.2) is 66.7 Å². The number of aromatic nitrogens is 1. The van der Waals surface area contributed by atoms with Crippen LogP contribution < -0.4 is 4.90 Å². The normalized spacial score (nSPS) is 10.4. The van der Waals surface area contributed by atoms with Crippen LogP contribution in [-0.2, 0) is 13.1 Å². The summed E-state index contributed by atoms with van der Waals surface area (Å²) >= 11 is 1.02. The van der Waals surface area contributed by atoms with E-state index in [0.717, 1.165) is 22.7 Å². The Morgan fingerprint density at radius 3 is 1.91 bits per heavy atom. The van der Waals surface area contributed by atoms with Gasteiger partial charge in [-0.25, -0.2) is 4.79 Å². The lowest BCUT2D eigenvalue weighted by molar-refractivity contribution is 0.0702. The van der Waals surface area contributed by atoms with Crippen LogP contribution in [0.2, 0.25) is 0 Å². The number of anilines is 1. The highest BCUT2D eigenvalue weighted by molar-refractivity contribution is 7.08. The summed E-state index contributed by atoms with van der Waals surface area (Å²) < 4.78 is 4.32. The molecule has 0 aliphatic carbocycles. The Hall–Kier alpha value is -2.66. The third-order valence-electron chi connectivity index (χ3n) is 3.47. The number of carbonyl (C=O) groups is 1. The highest BCUT2D eigenvalue weighted by atomic mass is 32.1. The molecule has 5 heteroatoms. The maximum Gasteiger partial charge on any atom is 0.347 e. The van der Waals surface area contributed by atoms with Crippen LogP contribution in [0.4, 0.5) is 5.82 Å². The molecule has 0 atom stereocenters. The lowest BCUT2D eigenvalue weighted by Gasteiger charge is -2.22. The molecule has 3 aromatic rings. The minimum atomic E-state index is -0.937. The molecule has 0 aliphatic heterocycles. The van der Waals surface area contributed by atoms with Crippen molar-refractivity contribution in [2.24, 2.45) is 0 Å². The van der Waals surface area contributed by atoms with Crippen LogP contribution in [0.3, 0.4) is 0 Å². The summed E-state index contributed by atoms with van der Waals surface area (Å²) in [7, 11) is 0. The standard InChI is InChI=1S/C18H16N2O2S/c21-18(22)16-11-17(19-23-16)20(12-14-7-3-1-4-8-14)13-15-9-5-2-6-10-15/h1-11H,12-13H2,(H,21,22). The van der Waals surface area contributed by atoms with Gasteiger partial charge >= 0.3 is 5.97 Å². The Labute approximate surface area is 138 Å². The van der Waals surface area contributed by atoms with E-state index >= 15 is 0 Å². The molecule has 0 aliphatic rings. The first-order valence-electron chi connectivity index (χ1n) is 7.25. The van der Waals surface area contributed by atoms with Gasteiger partial charge in [0, 0.05) is 19.2 Å². The van der Waals surface area contributed by atoms with Crippen molar-refractivity contribution in [2.45, 2.75) is 13.1 Å². The number of carboxylic acids is 1. The quantitative estimate of drug-likeness (QED) is 0.743. The molecule has 4 nitrogen and oxygen atoms in total. The number of hydrogen-bond donors (Lipinski definition) is 1. The van der Waals surface area contributed by atoms with Gasteiger partial charge in [-0.05, 0) is 22.7 Å². The molecule has 0 saturated heterocycles. The van der Waals surface area contributed by atoms with Gasteiger partial charge in [0.25, 0.3) is 0 Å². The van der Waals surface area contributed by atoms with E-state index in [2.05, 4.69) is 33.5 Å². The molecule has 0 radical (unpaired) electrons. The van der Waals surface area contributed by atoms with Gasteiger partial charge in [-0.1, -0.05) is 60.7 Å². The van der Waals surface area contributed by atoms with E-state index in [0.29, 0.717) is 18.9 Å². The maximum atomic E-state index is 11.1. The largest absolute Gasteiger partial charge is 0.477 e. The summed E-state index contributed by atoms with van der Waals surface area (Å²) in [5, 5.41) is 9.11. The first-order valence-corrected chi connectivity index (χ1v) is 8.02. The van der Waals surface area contributed by atoms with Crippen molar-refractivity contribution in [3.8, 4) is 0 Å². The molecule has 0 fully saturated rings. The molecule has 0 amide bonds. The summed E-state index contributed by atoms with van der Waals surface area (Å²) in [4.78, 5) is 13.5. The van der Waals surface area contributed by atoms with Crippen LogP contribution in [0.5, 0.6) is 0 Å². The van der Waals surface area contributed by atoms with Crippen molar-refractivity contribution in [1.29, 1.82) is 0 Å². The molecule has 2 aromatic carbocycles. The first kappa shape index (κ1) is 15.2. The molecule has 3 rings (SSSR count). The highest BCUT2D eigenvalue weighted by Crippen LogP contribution is 2.23. The number of aromatic carboxylic acids is 1. The zero-order chi connectivity index (χ0) is 16.1. The fourth-order valence-corrected chi connectivity index (χ4v) is 2.94. The Bertz CT molecular complexity index is 730. The summed E-state index contributed by atoms with van der Waals surface area (Å²) in [5.41, 5.74) is 2.32. The topological polar surface area (TPSA) is 53.4 Å². The van der Waals surface area contributed by atoms with Crippen molar-refractivity contribution >= 4 is 23.3 Å². The Kier molecular flexibility index (Phi) is 4.68. The number of rotatable bonds is 6. The zero-order valence-electron chi connectivity index (χ0n) is 12.4. The van der Waals surface area contributed by atoms with E-state index in [4.69, 9.17) is 5.11 Å². The average molecular weight is 324 g/mol. The van der Waals surface area contributed by atoms with Crippen molar-refractivity contribution < 1.29 is 9.90 Å². The Morgan fingerprint density at radius 1 is 0.957 bits per heavy atom. The van der Waals surface area contributed by atoms with Crippen molar-refractivity contribution in [3.05, 3.63) is 82.7 Å². The molecular formula is C18H16N2O2S. The molecule has 0 saturated carbocycles. The molecule has 116 valence electrons. The smallest absolute Gasteiger partial charge is 0.347 e. The number of carboxylic acid groups (broad SMARTS) is 1. The maximum absolute atomic E-state index is 11.1. The molecule has 1 heterocycles. The second-order valence-corrected chi connectivity index (χ2v) is 5.99. The van der Waals surface area contributed by atoms with Gasteiger partial charge in [-0.3, -0.25) is 0 Å². The number of benzene rings is 2. The monoisotopic (exact) mass is 324 g/mol. The third kappa shape index (κ3) is 3.96. The van der Waals surface area contributed by atoms with E-state index in [1.807, 2.05) is 36.4 Å². The van der Waals surface area contributed by atoms with E-state index in [-0.39, 0.29) is 4.88 Å².